The van der Waals surface area contributed by atoms with Crippen LogP contribution in [0.3, 0.4) is 0 Å². The molecule has 0 saturated carbocycles. The number of carboxylic acids is 1. The van der Waals surface area contributed by atoms with Crippen LogP contribution in [0, 0.1) is 12.1 Å². The first-order chi connectivity index (χ1) is 8.09. The number of hydrogen-bond donors (Lipinski definition) is 1. The molecule has 1 N–H and O–H groups in total. The Bertz CT molecular complexity index is 584. The molecule has 0 radical (unpaired) electrons. The quantitative estimate of drug-likeness (QED) is 0.609. The Kier molecular flexibility index (Phi) is 2.70. The van der Waals surface area contributed by atoms with E-state index < -0.39 is 5.97 Å². The van der Waals surface area contributed by atoms with Crippen molar-refractivity contribution in [2.75, 3.05) is 0 Å². The molecule has 2 aromatic rings. The van der Waals surface area contributed by atoms with E-state index in [1.54, 1.807) is 25.1 Å². The molecule has 86 valence electrons. The highest BCUT2D eigenvalue weighted by molar-refractivity contribution is 5.88. The van der Waals surface area contributed by atoms with Gasteiger partial charge in [-0.15, -0.1) is 0 Å². The number of pyridine rings is 1. The Hall–Kier alpha value is -2.50. The Morgan fingerprint density at radius 1 is 1.47 bits per heavy atom. The van der Waals surface area contributed by atoms with Crippen LogP contribution in [0.2, 0.25) is 0 Å². The minimum Gasteiger partial charge on any atom is -0.618 e. The maximum atomic E-state index is 11.5. The zero-order valence-corrected chi connectivity index (χ0v) is 8.99. The van der Waals surface area contributed by atoms with Gasteiger partial charge in [-0.2, -0.15) is 4.73 Å². The van der Waals surface area contributed by atoms with Crippen molar-refractivity contribution in [1.29, 1.82) is 0 Å². The molecule has 6 nitrogen and oxygen atoms in total. The molecule has 2 aromatic heterocycles. The Morgan fingerprint density at radius 3 is 2.82 bits per heavy atom. The van der Waals surface area contributed by atoms with E-state index in [0.29, 0.717) is 10.4 Å². The van der Waals surface area contributed by atoms with Gasteiger partial charge in [0.25, 0.3) is 5.69 Å². The molecule has 0 aliphatic heterocycles. The van der Waals surface area contributed by atoms with Crippen LogP contribution in [-0.4, -0.2) is 21.0 Å². The fourth-order valence-corrected chi connectivity index (χ4v) is 1.40. The summed E-state index contributed by atoms with van der Waals surface area (Å²) < 4.78 is 0.634. The second-order valence-electron chi connectivity index (χ2n) is 3.41. The van der Waals surface area contributed by atoms with Gasteiger partial charge in [-0.25, -0.2) is 14.8 Å². The van der Waals surface area contributed by atoms with E-state index in [4.69, 9.17) is 5.11 Å². The molecular weight excluding hydrogens is 222 g/mol. The average Bonchev–Trinajstić information content (AvgIpc) is 2.29. The van der Waals surface area contributed by atoms with Gasteiger partial charge in [-0.3, -0.25) is 0 Å². The molecule has 0 aliphatic carbocycles. The lowest BCUT2D eigenvalue weighted by molar-refractivity contribution is -0.594. The molecular formula is C11H9N3O3. The van der Waals surface area contributed by atoms with Gasteiger partial charge in [0.2, 0.25) is 5.82 Å². The van der Waals surface area contributed by atoms with Crippen molar-refractivity contribution in [3.8, 4) is 11.5 Å². The summed E-state index contributed by atoms with van der Waals surface area (Å²) in [5, 5.41) is 20.3. The SMILES string of the molecule is Cc1nc(-c2cccc[n+]2[O-])ncc1C(=O)O. The lowest BCUT2D eigenvalue weighted by atomic mass is 10.2. The lowest BCUT2D eigenvalue weighted by Crippen LogP contribution is -2.28. The van der Waals surface area contributed by atoms with Gasteiger partial charge in [-0.1, -0.05) is 0 Å². The third-order valence-corrected chi connectivity index (χ3v) is 2.26. The third kappa shape index (κ3) is 2.05. The summed E-state index contributed by atoms with van der Waals surface area (Å²) in [5.41, 5.74) is 0.640. The minimum atomic E-state index is -1.09. The minimum absolute atomic E-state index is 0.0298. The second kappa shape index (κ2) is 4.17. The first kappa shape index (κ1) is 11.0. The van der Waals surface area contributed by atoms with Crippen molar-refractivity contribution in [3.05, 3.63) is 47.1 Å². The maximum Gasteiger partial charge on any atom is 0.339 e. The van der Waals surface area contributed by atoms with E-state index >= 15 is 0 Å². The van der Waals surface area contributed by atoms with Gasteiger partial charge >= 0.3 is 5.97 Å². The molecule has 0 spiro atoms. The van der Waals surface area contributed by atoms with Gasteiger partial charge in [0.1, 0.15) is 0 Å². The number of nitrogens with zero attached hydrogens (tertiary/aromatic N) is 3. The van der Waals surface area contributed by atoms with Crippen LogP contribution in [0.15, 0.2) is 30.6 Å². The molecule has 2 rings (SSSR count). The summed E-state index contributed by atoms with van der Waals surface area (Å²) in [4.78, 5) is 18.7. The van der Waals surface area contributed by atoms with E-state index in [9.17, 15) is 10.0 Å². The van der Waals surface area contributed by atoms with Gasteiger partial charge in [-0.05, 0) is 13.0 Å². The number of carbonyl (C=O) groups is 1. The molecule has 0 aliphatic rings. The monoisotopic (exact) mass is 231 g/mol. The molecule has 0 amide bonds. The fraction of sp³-hybridized carbons (Fsp3) is 0.0909. The van der Waals surface area contributed by atoms with Crippen LogP contribution < -0.4 is 4.73 Å². The topological polar surface area (TPSA) is 90.0 Å². The largest absolute Gasteiger partial charge is 0.618 e. The summed E-state index contributed by atoms with van der Waals surface area (Å²) in [6.45, 7) is 1.56. The number of rotatable bonds is 2. The first-order valence-electron chi connectivity index (χ1n) is 4.85. The highest BCUT2D eigenvalue weighted by Crippen LogP contribution is 2.11. The van der Waals surface area contributed by atoms with Crippen LogP contribution >= 0.6 is 0 Å². The Morgan fingerprint density at radius 2 is 2.24 bits per heavy atom. The van der Waals surface area contributed by atoms with Crippen molar-refractivity contribution < 1.29 is 14.6 Å². The Balaban J connectivity index is 2.52. The molecule has 0 bridgehead atoms. The standard InChI is InChI=1S/C11H9N3O3/c1-7-8(11(15)16)6-12-10(13-7)9-4-2-3-5-14(9)17/h2-6H,1H3,(H,15,16). The lowest BCUT2D eigenvalue weighted by Gasteiger charge is -2.04. The zero-order chi connectivity index (χ0) is 12.4. The third-order valence-electron chi connectivity index (χ3n) is 2.26. The van der Waals surface area contributed by atoms with Crippen LogP contribution in [0.25, 0.3) is 11.5 Å². The Labute approximate surface area is 96.8 Å². The van der Waals surface area contributed by atoms with Crippen LogP contribution in [0.1, 0.15) is 16.1 Å². The van der Waals surface area contributed by atoms with Crippen molar-refractivity contribution >= 4 is 5.97 Å². The van der Waals surface area contributed by atoms with Gasteiger partial charge < -0.3 is 10.3 Å². The van der Waals surface area contributed by atoms with E-state index in [1.165, 1.54) is 12.4 Å². The fourth-order valence-electron chi connectivity index (χ4n) is 1.40. The predicted octanol–water partition coefficient (Wildman–Crippen LogP) is 0.784. The highest BCUT2D eigenvalue weighted by atomic mass is 16.5. The summed E-state index contributed by atoms with van der Waals surface area (Å²) >= 11 is 0. The van der Waals surface area contributed by atoms with Gasteiger partial charge in [0, 0.05) is 18.3 Å². The van der Waals surface area contributed by atoms with Crippen LogP contribution in [0.4, 0.5) is 0 Å². The van der Waals surface area contributed by atoms with Crippen molar-refractivity contribution in [1.82, 2.24) is 9.97 Å². The summed E-state index contributed by atoms with van der Waals surface area (Å²) in [5.74, 6) is -0.875. The number of hydrogen-bond acceptors (Lipinski definition) is 4. The first-order valence-corrected chi connectivity index (χ1v) is 4.85. The smallest absolute Gasteiger partial charge is 0.339 e. The molecule has 0 aromatic carbocycles. The number of carboxylic acid groups (broad SMARTS) is 1. The zero-order valence-electron chi connectivity index (χ0n) is 8.99. The predicted molar refractivity (Wildman–Crippen MR) is 58.1 cm³/mol. The van der Waals surface area contributed by atoms with Gasteiger partial charge in [0.15, 0.2) is 6.20 Å². The van der Waals surface area contributed by atoms with Gasteiger partial charge in [0.05, 0.1) is 11.3 Å². The average molecular weight is 231 g/mol. The van der Waals surface area contributed by atoms with E-state index in [1.807, 2.05) is 0 Å². The maximum absolute atomic E-state index is 11.5. The molecule has 6 heteroatoms. The molecule has 2 heterocycles. The summed E-state index contributed by atoms with van der Waals surface area (Å²) in [6.07, 6.45) is 2.53. The number of aryl methyl sites for hydroxylation is 1. The molecule has 17 heavy (non-hydrogen) atoms. The number of aromatic nitrogens is 3. The summed E-state index contributed by atoms with van der Waals surface area (Å²) in [6, 6.07) is 4.85. The second-order valence-corrected chi connectivity index (χ2v) is 3.41. The molecule has 0 fully saturated rings. The van der Waals surface area contributed by atoms with Crippen molar-refractivity contribution in [2.45, 2.75) is 6.92 Å². The van der Waals surface area contributed by atoms with Crippen LogP contribution in [-0.2, 0) is 0 Å². The highest BCUT2D eigenvalue weighted by Gasteiger charge is 2.15. The van der Waals surface area contributed by atoms with E-state index in [2.05, 4.69) is 9.97 Å². The van der Waals surface area contributed by atoms with E-state index in [0.717, 1.165) is 0 Å². The molecule has 0 saturated heterocycles. The van der Waals surface area contributed by atoms with E-state index in [-0.39, 0.29) is 17.1 Å². The van der Waals surface area contributed by atoms with Crippen LogP contribution in [0.5, 0.6) is 0 Å². The molecule has 0 unspecified atom stereocenters. The van der Waals surface area contributed by atoms with Crippen molar-refractivity contribution in [3.63, 3.8) is 0 Å². The van der Waals surface area contributed by atoms with Crippen molar-refractivity contribution in [2.24, 2.45) is 0 Å². The molecule has 0 atom stereocenters. The summed E-state index contributed by atoms with van der Waals surface area (Å²) in [7, 11) is 0. The number of aromatic carboxylic acids is 1. The normalized spacial score (nSPS) is 10.2.